The third-order valence-corrected chi connectivity index (χ3v) is 4.65. The van der Waals surface area contributed by atoms with Crippen LogP contribution in [-0.2, 0) is 9.47 Å². The Kier molecular flexibility index (Phi) is 3.66. The fourth-order valence-corrected chi connectivity index (χ4v) is 3.28. The van der Waals surface area contributed by atoms with Crippen molar-refractivity contribution in [2.45, 2.75) is 13.0 Å². The number of hydrogen-bond acceptors (Lipinski definition) is 4. The summed E-state index contributed by atoms with van der Waals surface area (Å²) in [5.74, 6) is 0.258. The molecule has 2 amide bonds. The number of rotatable bonds is 1. The molecule has 1 aromatic carbocycles. The van der Waals surface area contributed by atoms with Gasteiger partial charge >= 0.3 is 6.03 Å². The van der Waals surface area contributed by atoms with Crippen LogP contribution in [0.15, 0.2) is 18.3 Å². The highest BCUT2D eigenvalue weighted by Crippen LogP contribution is 2.25. The zero-order valence-electron chi connectivity index (χ0n) is 13.0. The second-order valence-electron chi connectivity index (χ2n) is 6.17. The number of H-pyrrole nitrogens is 1. The molecule has 2 atom stereocenters. The Morgan fingerprint density at radius 2 is 2.35 bits per heavy atom. The maximum absolute atomic E-state index is 12.6. The first-order chi connectivity index (χ1) is 11.2. The molecule has 2 aliphatic heterocycles. The highest BCUT2D eigenvalue weighted by molar-refractivity contribution is 6.00. The van der Waals surface area contributed by atoms with Crippen molar-refractivity contribution in [2.75, 3.05) is 38.2 Å². The Morgan fingerprint density at radius 1 is 1.43 bits per heavy atom. The molecule has 1 aromatic heterocycles. The Hall–Kier alpha value is -2.12. The number of ether oxygens (including phenoxy) is 2. The number of hydrogen-bond donors (Lipinski definition) is 2. The molecule has 4 rings (SSSR count). The number of benzene rings is 1. The standard InChI is InChI=1S/C16H20N4O3/c1-10-2-3-13(15-12(10)6-17-19-15)18-16(21)20-4-5-23-14-9-22-8-11(14)7-20/h2-3,6,11,14H,4-5,7-9H2,1H3,(H,17,19)(H,18,21)/t11-,14+/m0/s1. The molecule has 0 unspecified atom stereocenters. The highest BCUT2D eigenvalue weighted by atomic mass is 16.5. The van der Waals surface area contributed by atoms with E-state index in [1.165, 1.54) is 0 Å². The van der Waals surface area contributed by atoms with Crippen molar-refractivity contribution in [3.63, 3.8) is 0 Å². The molecule has 0 saturated carbocycles. The summed E-state index contributed by atoms with van der Waals surface area (Å²) in [6.07, 6.45) is 1.90. The molecule has 2 N–H and O–H groups in total. The second kappa shape index (κ2) is 5.82. The van der Waals surface area contributed by atoms with Gasteiger partial charge in [0.25, 0.3) is 0 Å². The molecule has 3 heterocycles. The van der Waals surface area contributed by atoms with Gasteiger partial charge in [0, 0.05) is 24.4 Å². The quantitative estimate of drug-likeness (QED) is 0.840. The number of aryl methyl sites for hydroxylation is 1. The van der Waals surface area contributed by atoms with E-state index in [1.54, 1.807) is 11.1 Å². The Bertz CT molecular complexity index is 729. The van der Waals surface area contributed by atoms with E-state index in [9.17, 15) is 4.79 Å². The number of aromatic nitrogens is 2. The van der Waals surface area contributed by atoms with Crippen LogP contribution in [0.1, 0.15) is 5.56 Å². The van der Waals surface area contributed by atoms with Gasteiger partial charge in [0.15, 0.2) is 0 Å². The minimum Gasteiger partial charge on any atom is -0.378 e. The monoisotopic (exact) mass is 316 g/mol. The zero-order valence-corrected chi connectivity index (χ0v) is 13.0. The van der Waals surface area contributed by atoms with Gasteiger partial charge in [0.05, 0.1) is 43.3 Å². The van der Waals surface area contributed by atoms with E-state index in [-0.39, 0.29) is 18.1 Å². The van der Waals surface area contributed by atoms with E-state index in [0.717, 1.165) is 22.2 Å². The normalized spacial score (nSPS) is 24.5. The van der Waals surface area contributed by atoms with Gasteiger partial charge in [0.1, 0.15) is 0 Å². The number of fused-ring (bicyclic) bond motifs is 2. The first-order valence-corrected chi connectivity index (χ1v) is 7.90. The van der Waals surface area contributed by atoms with Gasteiger partial charge in [-0.1, -0.05) is 6.07 Å². The number of amides is 2. The van der Waals surface area contributed by atoms with Gasteiger partial charge in [0.2, 0.25) is 0 Å². The third-order valence-electron chi connectivity index (χ3n) is 4.65. The van der Waals surface area contributed by atoms with E-state index in [4.69, 9.17) is 9.47 Å². The summed E-state index contributed by atoms with van der Waals surface area (Å²) >= 11 is 0. The van der Waals surface area contributed by atoms with Crippen molar-refractivity contribution in [3.05, 3.63) is 23.9 Å². The number of carbonyl (C=O) groups excluding carboxylic acids is 1. The predicted molar refractivity (Wildman–Crippen MR) is 85.5 cm³/mol. The SMILES string of the molecule is Cc1ccc(NC(=O)N2CCO[C@@H]3COC[C@@H]3C2)c2[nH]ncc12. The predicted octanol–water partition coefficient (Wildman–Crippen LogP) is 1.75. The lowest BCUT2D eigenvalue weighted by Gasteiger charge is -2.23. The van der Waals surface area contributed by atoms with Crippen LogP contribution in [0.5, 0.6) is 0 Å². The van der Waals surface area contributed by atoms with Crippen LogP contribution < -0.4 is 5.32 Å². The molecule has 2 saturated heterocycles. The van der Waals surface area contributed by atoms with E-state index in [1.807, 2.05) is 19.1 Å². The zero-order chi connectivity index (χ0) is 15.8. The highest BCUT2D eigenvalue weighted by Gasteiger charge is 2.34. The van der Waals surface area contributed by atoms with Crippen LogP contribution in [0, 0.1) is 12.8 Å². The largest absolute Gasteiger partial charge is 0.378 e. The van der Waals surface area contributed by atoms with Gasteiger partial charge in [-0.2, -0.15) is 5.10 Å². The van der Waals surface area contributed by atoms with Gasteiger partial charge in [-0.05, 0) is 18.6 Å². The lowest BCUT2D eigenvalue weighted by Crippen LogP contribution is -2.39. The smallest absolute Gasteiger partial charge is 0.321 e. The fraction of sp³-hybridized carbons (Fsp3) is 0.500. The summed E-state index contributed by atoms with van der Waals surface area (Å²) < 4.78 is 11.2. The van der Waals surface area contributed by atoms with Crippen LogP contribution in [-0.4, -0.2) is 60.1 Å². The number of urea groups is 1. The second-order valence-corrected chi connectivity index (χ2v) is 6.17. The molecule has 7 nitrogen and oxygen atoms in total. The molecule has 0 bridgehead atoms. The maximum Gasteiger partial charge on any atom is 0.321 e. The van der Waals surface area contributed by atoms with E-state index < -0.39 is 0 Å². The summed E-state index contributed by atoms with van der Waals surface area (Å²) in [5, 5.41) is 11.0. The average Bonchev–Trinajstić information content (AvgIpc) is 3.16. The van der Waals surface area contributed by atoms with Crippen molar-refractivity contribution in [1.29, 1.82) is 0 Å². The van der Waals surface area contributed by atoms with Crippen LogP contribution in [0.4, 0.5) is 10.5 Å². The molecule has 23 heavy (non-hydrogen) atoms. The van der Waals surface area contributed by atoms with Gasteiger partial charge < -0.3 is 19.7 Å². The molecular formula is C16H20N4O3. The lowest BCUT2D eigenvalue weighted by molar-refractivity contribution is 0.0396. The van der Waals surface area contributed by atoms with Crippen LogP contribution in [0.25, 0.3) is 10.9 Å². The topological polar surface area (TPSA) is 79.5 Å². The molecule has 2 aliphatic rings. The molecule has 0 spiro atoms. The fourth-order valence-electron chi connectivity index (χ4n) is 3.28. The molecule has 7 heteroatoms. The van der Waals surface area contributed by atoms with Crippen molar-refractivity contribution in [2.24, 2.45) is 5.92 Å². The minimum absolute atomic E-state index is 0.110. The summed E-state index contributed by atoms with van der Waals surface area (Å²) in [5.41, 5.74) is 2.73. The van der Waals surface area contributed by atoms with Crippen molar-refractivity contribution in [3.8, 4) is 0 Å². The Labute approximate surface area is 133 Å². The molecule has 122 valence electrons. The van der Waals surface area contributed by atoms with Gasteiger partial charge in [-0.15, -0.1) is 0 Å². The van der Waals surface area contributed by atoms with Crippen molar-refractivity contribution >= 4 is 22.6 Å². The molecule has 0 aliphatic carbocycles. The minimum atomic E-state index is -0.110. The lowest BCUT2D eigenvalue weighted by atomic mass is 10.1. The Morgan fingerprint density at radius 3 is 3.26 bits per heavy atom. The van der Waals surface area contributed by atoms with E-state index in [2.05, 4.69) is 15.5 Å². The summed E-state index contributed by atoms with van der Waals surface area (Å²) in [6, 6.07) is 3.78. The van der Waals surface area contributed by atoms with E-state index in [0.29, 0.717) is 32.9 Å². The molecule has 2 fully saturated rings. The van der Waals surface area contributed by atoms with Crippen molar-refractivity contribution in [1.82, 2.24) is 15.1 Å². The third kappa shape index (κ3) is 2.66. The van der Waals surface area contributed by atoms with Crippen LogP contribution in [0.2, 0.25) is 0 Å². The number of nitrogens with one attached hydrogen (secondary N) is 2. The van der Waals surface area contributed by atoms with Crippen LogP contribution >= 0.6 is 0 Å². The van der Waals surface area contributed by atoms with E-state index >= 15 is 0 Å². The number of anilines is 1. The van der Waals surface area contributed by atoms with Gasteiger partial charge in [-0.25, -0.2) is 4.79 Å². The van der Waals surface area contributed by atoms with Gasteiger partial charge in [-0.3, -0.25) is 5.10 Å². The number of nitrogens with zero attached hydrogens (tertiary/aromatic N) is 2. The Balaban J connectivity index is 1.52. The van der Waals surface area contributed by atoms with Crippen molar-refractivity contribution < 1.29 is 14.3 Å². The molecule has 2 aromatic rings. The number of carbonyl (C=O) groups is 1. The maximum atomic E-state index is 12.6. The molecular weight excluding hydrogens is 296 g/mol. The number of aromatic amines is 1. The summed E-state index contributed by atoms with van der Waals surface area (Å²) in [4.78, 5) is 14.5. The molecule has 0 radical (unpaired) electrons. The average molecular weight is 316 g/mol. The first-order valence-electron chi connectivity index (χ1n) is 7.90. The summed E-state index contributed by atoms with van der Waals surface area (Å²) in [6.45, 7) is 5.11. The summed E-state index contributed by atoms with van der Waals surface area (Å²) in [7, 11) is 0. The first kappa shape index (κ1) is 14.5. The van der Waals surface area contributed by atoms with Crippen LogP contribution in [0.3, 0.4) is 0 Å².